The predicted molar refractivity (Wildman–Crippen MR) is 122 cm³/mol. The Morgan fingerprint density at radius 1 is 1.10 bits per heavy atom. The van der Waals surface area contributed by atoms with E-state index >= 15 is 0 Å². The van der Waals surface area contributed by atoms with Crippen LogP contribution >= 0.6 is 12.4 Å². The van der Waals surface area contributed by atoms with E-state index < -0.39 is 0 Å². The number of nitriles is 1. The quantitative estimate of drug-likeness (QED) is 0.559. The van der Waals surface area contributed by atoms with Gasteiger partial charge in [-0.05, 0) is 57.7 Å². The minimum Gasteiger partial charge on any atom is -0.489 e. The van der Waals surface area contributed by atoms with Gasteiger partial charge in [-0.15, -0.1) is 12.4 Å². The largest absolute Gasteiger partial charge is 0.489 e. The molecule has 29 heavy (non-hydrogen) atoms. The van der Waals surface area contributed by atoms with Crippen LogP contribution in [0.5, 0.6) is 5.75 Å². The van der Waals surface area contributed by atoms with Crippen molar-refractivity contribution < 1.29 is 4.74 Å². The van der Waals surface area contributed by atoms with Gasteiger partial charge in [-0.3, -0.25) is 4.90 Å². The zero-order chi connectivity index (χ0) is 20.4. The summed E-state index contributed by atoms with van der Waals surface area (Å²) < 4.78 is 5.90. The number of hydrogen-bond acceptors (Lipinski definition) is 3. The minimum absolute atomic E-state index is 0. The Morgan fingerprint density at radius 2 is 1.86 bits per heavy atom. The van der Waals surface area contributed by atoms with Crippen LogP contribution in [0.25, 0.3) is 0 Å². The second-order valence-corrected chi connectivity index (χ2v) is 7.82. The number of rotatable bonds is 7. The topological polar surface area (TPSA) is 36.3 Å². The zero-order valence-electron chi connectivity index (χ0n) is 17.6. The van der Waals surface area contributed by atoms with Gasteiger partial charge in [0.2, 0.25) is 0 Å². The third-order valence-electron chi connectivity index (χ3n) is 3.95. The molecule has 0 aliphatic rings. The van der Waals surface area contributed by atoms with Gasteiger partial charge in [0.05, 0.1) is 11.6 Å². The van der Waals surface area contributed by atoms with E-state index in [1.807, 2.05) is 42.5 Å². The number of benzene rings is 2. The number of halogens is 1. The molecule has 0 N–H and O–H groups in total. The monoisotopic (exact) mass is 408 g/mol. The van der Waals surface area contributed by atoms with Gasteiger partial charge in [-0.2, -0.15) is 5.26 Å². The first kappa shape index (κ1) is 24.3. The van der Waals surface area contributed by atoms with Crippen molar-refractivity contribution in [2.24, 2.45) is 5.41 Å². The van der Waals surface area contributed by atoms with Crippen LogP contribution in [0.3, 0.4) is 0 Å². The smallest absolute Gasteiger partial charge is 0.120 e. The maximum absolute atomic E-state index is 9.18. The van der Waals surface area contributed by atoms with Gasteiger partial charge in [0.25, 0.3) is 0 Å². The Hall–Kier alpha value is -2.72. The SMILES string of the molecule is CN(CC=CC#CC(C)(C)C)Cc1cccc(OCc2ccccc2C#N)c1.Cl. The lowest BCUT2D eigenvalue weighted by molar-refractivity contribution is 0.304. The van der Waals surface area contributed by atoms with Crippen molar-refractivity contribution in [3.8, 4) is 23.7 Å². The van der Waals surface area contributed by atoms with Crippen molar-refractivity contribution in [1.82, 2.24) is 4.90 Å². The molecule has 0 spiro atoms. The zero-order valence-corrected chi connectivity index (χ0v) is 18.4. The lowest BCUT2D eigenvalue weighted by Gasteiger charge is -2.15. The van der Waals surface area contributed by atoms with E-state index in [1.165, 1.54) is 5.56 Å². The van der Waals surface area contributed by atoms with E-state index in [0.717, 1.165) is 24.4 Å². The maximum Gasteiger partial charge on any atom is 0.120 e. The van der Waals surface area contributed by atoms with Crippen LogP contribution in [-0.4, -0.2) is 18.5 Å². The third-order valence-corrected chi connectivity index (χ3v) is 3.95. The Morgan fingerprint density at radius 3 is 2.59 bits per heavy atom. The summed E-state index contributed by atoms with van der Waals surface area (Å²) in [5.74, 6) is 7.10. The fourth-order valence-corrected chi connectivity index (χ4v) is 2.58. The van der Waals surface area contributed by atoms with Crippen LogP contribution in [-0.2, 0) is 13.2 Å². The van der Waals surface area contributed by atoms with E-state index in [0.29, 0.717) is 12.2 Å². The maximum atomic E-state index is 9.18. The standard InChI is InChI=1S/C25H28N2O.ClH/c1-25(2,3)15-8-5-9-16-27(4)19-21-11-10-14-24(17-21)28-20-23-13-7-6-12-22(23)18-26;/h5-7,9-14,17H,16,19-20H2,1-4H3;1H. The molecular weight excluding hydrogens is 380 g/mol. The minimum atomic E-state index is 0. The van der Waals surface area contributed by atoms with Gasteiger partial charge in [0.1, 0.15) is 12.4 Å². The molecule has 0 aromatic heterocycles. The predicted octanol–water partition coefficient (Wildman–Crippen LogP) is 5.60. The molecule has 0 radical (unpaired) electrons. The molecule has 2 aromatic carbocycles. The molecule has 152 valence electrons. The highest BCUT2D eigenvalue weighted by molar-refractivity contribution is 5.85. The van der Waals surface area contributed by atoms with Crippen molar-refractivity contribution in [2.45, 2.75) is 33.9 Å². The van der Waals surface area contributed by atoms with Crippen LogP contribution in [0, 0.1) is 28.6 Å². The summed E-state index contributed by atoms with van der Waals surface area (Å²) in [7, 11) is 2.08. The van der Waals surface area contributed by atoms with Crippen LogP contribution < -0.4 is 4.74 Å². The summed E-state index contributed by atoms with van der Waals surface area (Å²) in [5.41, 5.74) is 2.77. The van der Waals surface area contributed by atoms with Gasteiger partial charge < -0.3 is 4.74 Å². The molecule has 0 saturated heterocycles. The van der Waals surface area contributed by atoms with Gasteiger partial charge >= 0.3 is 0 Å². The van der Waals surface area contributed by atoms with Crippen molar-refractivity contribution in [3.63, 3.8) is 0 Å². The van der Waals surface area contributed by atoms with E-state index in [4.69, 9.17) is 4.74 Å². The van der Waals surface area contributed by atoms with Crippen molar-refractivity contribution >= 4 is 12.4 Å². The van der Waals surface area contributed by atoms with Gasteiger partial charge in [-0.25, -0.2) is 0 Å². The molecule has 0 aliphatic carbocycles. The lowest BCUT2D eigenvalue weighted by Crippen LogP contribution is -2.17. The number of likely N-dealkylation sites (N-methyl/N-ethyl adjacent to an activating group) is 1. The first-order valence-corrected chi connectivity index (χ1v) is 9.43. The summed E-state index contributed by atoms with van der Waals surface area (Å²) >= 11 is 0. The lowest BCUT2D eigenvalue weighted by atomic mass is 9.98. The van der Waals surface area contributed by atoms with Crippen LogP contribution in [0.15, 0.2) is 60.7 Å². The molecule has 0 fully saturated rings. The summed E-state index contributed by atoms with van der Waals surface area (Å²) in [6.45, 7) is 8.36. The molecular formula is C25H29ClN2O. The Kier molecular flexibility index (Phi) is 10.0. The molecule has 2 rings (SSSR count). The summed E-state index contributed by atoms with van der Waals surface area (Å²) in [5, 5.41) is 9.18. The fraction of sp³-hybridized carbons (Fsp3) is 0.320. The highest BCUT2D eigenvalue weighted by Crippen LogP contribution is 2.17. The average molecular weight is 409 g/mol. The summed E-state index contributed by atoms with van der Waals surface area (Å²) in [6, 6.07) is 17.8. The Balaban J connectivity index is 0.00000420. The second-order valence-electron chi connectivity index (χ2n) is 7.82. The normalized spacial score (nSPS) is 10.8. The van der Waals surface area contributed by atoms with E-state index in [2.05, 4.69) is 68.8 Å². The average Bonchev–Trinajstić information content (AvgIpc) is 2.65. The summed E-state index contributed by atoms with van der Waals surface area (Å²) in [6.07, 6.45) is 4.01. The number of hydrogen-bond donors (Lipinski definition) is 0. The molecule has 0 amide bonds. The van der Waals surface area contributed by atoms with Crippen LogP contribution in [0.1, 0.15) is 37.5 Å². The van der Waals surface area contributed by atoms with E-state index in [1.54, 1.807) is 0 Å². The van der Waals surface area contributed by atoms with Gasteiger partial charge in [0, 0.05) is 24.1 Å². The Labute approximate surface area is 181 Å². The molecule has 0 unspecified atom stereocenters. The first-order valence-electron chi connectivity index (χ1n) is 9.43. The fourth-order valence-electron chi connectivity index (χ4n) is 2.58. The van der Waals surface area contributed by atoms with Crippen molar-refractivity contribution in [2.75, 3.05) is 13.6 Å². The molecule has 0 aliphatic heterocycles. The highest BCUT2D eigenvalue weighted by atomic mass is 35.5. The van der Waals surface area contributed by atoms with Crippen LogP contribution in [0.2, 0.25) is 0 Å². The first-order chi connectivity index (χ1) is 13.4. The molecule has 4 heteroatoms. The third kappa shape index (κ3) is 9.35. The molecule has 0 bridgehead atoms. The second kappa shape index (κ2) is 12.0. The van der Waals surface area contributed by atoms with E-state index in [-0.39, 0.29) is 17.8 Å². The molecule has 0 heterocycles. The number of allylic oxidation sites excluding steroid dienone is 1. The highest BCUT2D eigenvalue weighted by Gasteiger charge is 2.04. The van der Waals surface area contributed by atoms with Crippen LogP contribution in [0.4, 0.5) is 0 Å². The van der Waals surface area contributed by atoms with Gasteiger partial charge in [0.15, 0.2) is 0 Å². The number of ether oxygens (including phenoxy) is 1. The molecule has 0 saturated carbocycles. The van der Waals surface area contributed by atoms with Gasteiger partial charge in [-0.1, -0.05) is 48.2 Å². The number of nitrogens with zero attached hydrogens (tertiary/aromatic N) is 2. The van der Waals surface area contributed by atoms with Crippen molar-refractivity contribution in [3.05, 3.63) is 77.4 Å². The molecule has 2 aromatic rings. The van der Waals surface area contributed by atoms with Crippen molar-refractivity contribution in [1.29, 1.82) is 5.26 Å². The Bertz CT molecular complexity index is 911. The molecule has 3 nitrogen and oxygen atoms in total. The molecule has 0 atom stereocenters. The summed E-state index contributed by atoms with van der Waals surface area (Å²) in [4.78, 5) is 2.22. The van der Waals surface area contributed by atoms with E-state index in [9.17, 15) is 5.26 Å².